The highest BCUT2D eigenvalue weighted by molar-refractivity contribution is 6.32. The van der Waals surface area contributed by atoms with Crippen molar-refractivity contribution in [3.63, 3.8) is 0 Å². The van der Waals surface area contributed by atoms with Crippen molar-refractivity contribution < 1.29 is 13.7 Å². The van der Waals surface area contributed by atoms with Crippen LogP contribution in [-0.4, -0.2) is 10.1 Å². The van der Waals surface area contributed by atoms with Crippen molar-refractivity contribution in [2.75, 3.05) is 0 Å². The van der Waals surface area contributed by atoms with E-state index in [1.54, 1.807) is 18.2 Å². The van der Waals surface area contributed by atoms with Gasteiger partial charge in [-0.15, -0.1) is 0 Å². The van der Waals surface area contributed by atoms with Crippen molar-refractivity contribution in [2.24, 2.45) is 0 Å². The lowest BCUT2D eigenvalue weighted by molar-refractivity contribution is 0.243. The molecule has 0 saturated heterocycles. The fraction of sp³-hybridized carbons (Fsp3) is 0.125. The summed E-state index contributed by atoms with van der Waals surface area (Å²) in [6, 6.07) is 11.4. The molecule has 6 heteroatoms. The lowest BCUT2D eigenvalue weighted by Crippen LogP contribution is -1.96. The maximum absolute atomic E-state index is 12.9. The van der Waals surface area contributed by atoms with Crippen LogP contribution in [-0.2, 0) is 6.61 Å². The van der Waals surface area contributed by atoms with Crippen LogP contribution < -0.4 is 4.74 Å². The third kappa shape index (κ3) is 3.26. The van der Waals surface area contributed by atoms with Gasteiger partial charge in [0.25, 0.3) is 5.89 Å². The van der Waals surface area contributed by atoms with Gasteiger partial charge in [0.15, 0.2) is 6.61 Å². The van der Waals surface area contributed by atoms with Gasteiger partial charge >= 0.3 is 0 Å². The first-order valence-corrected chi connectivity index (χ1v) is 6.97. The van der Waals surface area contributed by atoms with E-state index in [1.807, 2.05) is 19.1 Å². The Morgan fingerprint density at radius 2 is 1.95 bits per heavy atom. The topological polar surface area (TPSA) is 48.2 Å². The average molecular weight is 319 g/mol. The molecule has 3 aromatic rings. The molecule has 0 atom stereocenters. The summed E-state index contributed by atoms with van der Waals surface area (Å²) >= 11 is 6.05. The van der Waals surface area contributed by atoms with Crippen molar-refractivity contribution in [3.05, 3.63) is 64.8 Å². The number of benzene rings is 2. The molecule has 0 aliphatic carbocycles. The Labute approximate surface area is 131 Å². The second kappa shape index (κ2) is 6.15. The molecule has 1 heterocycles. The summed E-state index contributed by atoms with van der Waals surface area (Å²) in [6.07, 6.45) is 0. The Hall–Kier alpha value is -2.40. The highest BCUT2D eigenvalue weighted by atomic mass is 35.5. The van der Waals surface area contributed by atoms with Crippen LogP contribution in [0.2, 0.25) is 5.02 Å². The normalized spacial score (nSPS) is 10.7. The van der Waals surface area contributed by atoms with Gasteiger partial charge in [-0.2, -0.15) is 4.98 Å². The molecular formula is C16H12ClFN2O2. The number of rotatable bonds is 4. The number of nitrogens with zero attached hydrogens (tertiary/aromatic N) is 2. The standard InChI is InChI=1S/C16H12ClFN2O2/c1-10-2-7-13(17)14(8-10)21-9-15-19-16(20-22-15)11-3-5-12(18)6-4-11/h2-8H,9H2,1H3. The Morgan fingerprint density at radius 1 is 1.18 bits per heavy atom. The van der Waals surface area contributed by atoms with Crippen molar-refractivity contribution in [1.29, 1.82) is 0 Å². The van der Waals surface area contributed by atoms with E-state index in [0.29, 0.717) is 28.1 Å². The molecule has 0 unspecified atom stereocenters. The van der Waals surface area contributed by atoms with Gasteiger partial charge in [0.05, 0.1) is 5.02 Å². The smallest absolute Gasteiger partial charge is 0.264 e. The summed E-state index contributed by atoms with van der Waals surface area (Å²) in [6.45, 7) is 2.06. The minimum absolute atomic E-state index is 0.109. The maximum Gasteiger partial charge on any atom is 0.264 e. The van der Waals surface area contributed by atoms with Crippen LogP contribution in [0.25, 0.3) is 11.4 Å². The van der Waals surface area contributed by atoms with Crippen molar-refractivity contribution >= 4 is 11.6 Å². The molecule has 0 amide bonds. The van der Waals surface area contributed by atoms with Crippen LogP contribution in [0.3, 0.4) is 0 Å². The number of aromatic nitrogens is 2. The molecule has 0 aliphatic rings. The number of halogens is 2. The van der Waals surface area contributed by atoms with Gasteiger partial charge in [-0.05, 0) is 48.9 Å². The van der Waals surface area contributed by atoms with Crippen LogP contribution in [0.15, 0.2) is 47.0 Å². The summed E-state index contributed by atoms with van der Waals surface area (Å²) in [4.78, 5) is 4.21. The molecule has 1 aromatic heterocycles. The van der Waals surface area contributed by atoms with E-state index < -0.39 is 0 Å². The number of hydrogen-bond acceptors (Lipinski definition) is 4. The van der Waals surface area contributed by atoms with E-state index in [4.69, 9.17) is 20.9 Å². The molecule has 0 fully saturated rings. The van der Waals surface area contributed by atoms with Gasteiger partial charge in [-0.3, -0.25) is 0 Å². The first kappa shape index (κ1) is 14.5. The molecule has 22 heavy (non-hydrogen) atoms. The van der Waals surface area contributed by atoms with Crippen molar-refractivity contribution in [2.45, 2.75) is 13.5 Å². The van der Waals surface area contributed by atoms with E-state index in [-0.39, 0.29) is 12.4 Å². The lowest BCUT2D eigenvalue weighted by atomic mass is 10.2. The van der Waals surface area contributed by atoms with E-state index in [1.165, 1.54) is 12.1 Å². The van der Waals surface area contributed by atoms with Crippen LogP contribution in [0, 0.1) is 12.7 Å². The molecule has 0 spiro atoms. The minimum atomic E-state index is -0.315. The molecular weight excluding hydrogens is 307 g/mol. The third-order valence-corrected chi connectivity index (χ3v) is 3.32. The van der Waals surface area contributed by atoms with E-state index >= 15 is 0 Å². The first-order chi connectivity index (χ1) is 10.6. The van der Waals surface area contributed by atoms with Crippen molar-refractivity contribution in [3.8, 4) is 17.1 Å². The second-order valence-corrected chi connectivity index (χ2v) is 5.15. The van der Waals surface area contributed by atoms with Gasteiger partial charge in [0.2, 0.25) is 5.82 Å². The zero-order chi connectivity index (χ0) is 15.5. The molecule has 0 radical (unpaired) electrons. The Morgan fingerprint density at radius 3 is 2.73 bits per heavy atom. The minimum Gasteiger partial charge on any atom is -0.482 e. The molecule has 0 aliphatic heterocycles. The summed E-state index contributed by atoms with van der Waals surface area (Å²) in [5, 5.41) is 4.36. The summed E-state index contributed by atoms with van der Waals surface area (Å²) in [5.41, 5.74) is 1.71. The largest absolute Gasteiger partial charge is 0.482 e. The van der Waals surface area contributed by atoms with Gasteiger partial charge in [0.1, 0.15) is 11.6 Å². The molecule has 0 N–H and O–H groups in total. The molecule has 112 valence electrons. The van der Waals surface area contributed by atoms with Gasteiger partial charge in [-0.1, -0.05) is 22.8 Å². The van der Waals surface area contributed by atoms with Gasteiger partial charge in [0, 0.05) is 5.56 Å². The Bertz CT molecular complexity index is 787. The van der Waals surface area contributed by atoms with Gasteiger partial charge < -0.3 is 9.26 Å². The summed E-state index contributed by atoms with van der Waals surface area (Å²) in [7, 11) is 0. The maximum atomic E-state index is 12.9. The zero-order valence-electron chi connectivity index (χ0n) is 11.7. The van der Waals surface area contributed by atoms with Crippen LogP contribution in [0.4, 0.5) is 4.39 Å². The SMILES string of the molecule is Cc1ccc(Cl)c(OCc2nc(-c3ccc(F)cc3)no2)c1. The van der Waals surface area contributed by atoms with Crippen LogP contribution >= 0.6 is 11.6 Å². The first-order valence-electron chi connectivity index (χ1n) is 6.59. The predicted molar refractivity (Wildman–Crippen MR) is 80.2 cm³/mol. The summed E-state index contributed by atoms with van der Waals surface area (Å²) in [5.74, 6) is 0.943. The fourth-order valence-electron chi connectivity index (χ4n) is 1.89. The van der Waals surface area contributed by atoms with Gasteiger partial charge in [-0.25, -0.2) is 4.39 Å². The van der Waals surface area contributed by atoms with E-state index in [0.717, 1.165) is 5.56 Å². The Kier molecular flexibility index (Phi) is 4.06. The number of ether oxygens (including phenoxy) is 1. The molecule has 0 saturated carbocycles. The monoisotopic (exact) mass is 318 g/mol. The zero-order valence-corrected chi connectivity index (χ0v) is 12.5. The number of aryl methyl sites for hydroxylation is 1. The lowest BCUT2D eigenvalue weighted by Gasteiger charge is -2.06. The molecule has 4 nitrogen and oxygen atoms in total. The second-order valence-electron chi connectivity index (χ2n) is 4.74. The Balaban J connectivity index is 1.72. The summed E-state index contributed by atoms with van der Waals surface area (Å²) < 4.78 is 23.6. The quantitative estimate of drug-likeness (QED) is 0.714. The molecule has 2 aromatic carbocycles. The average Bonchev–Trinajstić information content (AvgIpc) is 2.98. The van der Waals surface area contributed by atoms with E-state index in [9.17, 15) is 4.39 Å². The van der Waals surface area contributed by atoms with Crippen LogP contribution in [0.5, 0.6) is 5.75 Å². The number of hydrogen-bond donors (Lipinski definition) is 0. The third-order valence-electron chi connectivity index (χ3n) is 3.01. The van der Waals surface area contributed by atoms with E-state index in [2.05, 4.69) is 10.1 Å². The molecule has 3 rings (SSSR count). The highest BCUT2D eigenvalue weighted by Crippen LogP contribution is 2.26. The highest BCUT2D eigenvalue weighted by Gasteiger charge is 2.10. The van der Waals surface area contributed by atoms with Crippen molar-refractivity contribution in [1.82, 2.24) is 10.1 Å². The predicted octanol–water partition coefficient (Wildman–Crippen LogP) is 4.42. The fourth-order valence-corrected chi connectivity index (χ4v) is 2.06. The van der Waals surface area contributed by atoms with Crippen LogP contribution in [0.1, 0.15) is 11.5 Å². The molecule has 0 bridgehead atoms.